The third kappa shape index (κ3) is 4.11. The van der Waals surface area contributed by atoms with E-state index >= 15 is 0 Å². The van der Waals surface area contributed by atoms with E-state index in [2.05, 4.69) is 4.74 Å². The molecule has 9 heteroatoms. The standard InChI is InChI=1S/C10H12F3NO5/c1-5(15)19-4-6-2-9(6,8(17)18)14-7(16)3-10(11,12)13/h6H,2-4H2,1H3,(H,14,16)(H,17,18). The highest BCUT2D eigenvalue weighted by Gasteiger charge is 2.62. The molecule has 0 aliphatic heterocycles. The van der Waals surface area contributed by atoms with Gasteiger partial charge < -0.3 is 15.2 Å². The van der Waals surface area contributed by atoms with Crippen LogP contribution in [0, 0.1) is 5.92 Å². The Bertz CT molecular complexity index is 408. The minimum Gasteiger partial charge on any atom is -0.479 e. The van der Waals surface area contributed by atoms with Gasteiger partial charge in [-0.05, 0) is 6.42 Å². The Morgan fingerprint density at radius 2 is 2.00 bits per heavy atom. The zero-order valence-corrected chi connectivity index (χ0v) is 9.91. The van der Waals surface area contributed by atoms with Crippen molar-refractivity contribution in [2.45, 2.75) is 31.5 Å². The monoisotopic (exact) mass is 283 g/mol. The van der Waals surface area contributed by atoms with Crippen molar-refractivity contribution in [3.63, 3.8) is 0 Å². The van der Waals surface area contributed by atoms with Crippen LogP contribution in [0.25, 0.3) is 0 Å². The Balaban J connectivity index is 2.59. The van der Waals surface area contributed by atoms with Gasteiger partial charge in [-0.1, -0.05) is 0 Å². The van der Waals surface area contributed by atoms with E-state index in [1.165, 1.54) is 0 Å². The van der Waals surface area contributed by atoms with E-state index in [4.69, 9.17) is 5.11 Å². The average molecular weight is 283 g/mol. The van der Waals surface area contributed by atoms with Gasteiger partial charge in [-0.15, -0.1) is 0 Å². The molecule has 1 aliphatic rings. The summed E-state index contributed by atoms with van der Waals surface area (Å²) < 4.78 is 40.5. The number of ether oxygens (including phenoxy) is 1. The van der Waals surface area contributed by atoms with Crippen molar-refractivity contribution >= 4 is 17.8 Å². The first-order valence-corrected chi connectivity index (χ1v) is 5.31. The van der Waals surface area contributed by atoms with Gasteiger partial charge in [0.1, 0.15) is 12.0 Å². The number of halogens is 3. The highest BCUT2D eigenvalue weighted by molar-refractivity contribution is 5.90. The Hall–Kier alpha value is -1.80. The molecule has 108 valence electrons. The van der Waals surface area contributed by atoms with Crippen LogP contribution in [0.3, 0.4) is 0 Å². The summed E-state index contributed by atoms with van der Waals surface area (Å²) in [5, 5.41) is 10.8. The summed E-state index contributed by atoms with van der Waals surface area (Å²) >= 11 is 0. The number of nitrogens with one attached hydrogen (secondary N) is 1. The molecule has 1 saturated carbocycles. The number of amides is 1. The Kier molecular flexibility index (Phi) is 4.06. The lowest BCUT2D eigenvalue weighted by Crippen LogP contribution is -2.46. The maximum Gasteiger partial charge on any atom is 0.397 e. The van der Waals surface area contributed by atoms with Gasteiger partial charge in [-0.3, -0.25) is 9.59 Å². The summed E-state index contributed by atoms with van der Waals surface area (Å²) in [4.78, 5) is 32.7. The first kappa shape index (κ1) is 15.3. The fraction of sp³-hybridized carbons (Fsp3) is 0.700. The number of rotatable bonds is 5. The van der Waals surface area contributed by atoms with Crippen LogP contribution in [0.4, 0.5) is 13.2 Å². The maximum absolute atomic E-state index is 12.0. The topological polar surface area (TPSA) is 92.7 Å². The molecule has 1 aliphatic carbocycles. The van der Waals surface area contributed by atoms with Crippen LogP contribution in [-0.2, 0) is 19.1 Å². The van der Waals surface area contributed by atoms with E-state index in [-0.39, 0.29) is 13.0 Å². The molecule has 0 saturated heterocycles. The number of carbonyl (C=O) groups excluding carboxylic acids is 2. The smallest absolute Gasteiger partial charge is 0.397 e. The number of carbonyl (C=O) groups is 3. The van der Waals surface area contributed by atoms with E-state index in [0.29, 0.717) is 0 Å². The molecule has 0 heterocycles. The molecule has 2 atom stereocenters. The predicted octanol–water partition coefficient (Wildman–Crippen LogP) is 0.461. The second-order valence-corrected chi connectivity index (χ2v) is 4.32. The molecular formula is C10H12F3NO5. The normalized spacial score (nSPS) is 25.6. The number of carboxylic acid groups (broad SMARTS) is 1. The zero-order chi connectivity index (χ0) is 14.8. The van der Waals surface area contributed by atoms with Gasteiger partial charge in [0.2, 0.25) is 5.91 Å². The summed E-state index contributed by atoms with van der Waals surface area (Å²) in [7, 11) is 0. The second-order valence-electron chi connectivity index (χ2n) is 4.32. The largest absolute Gasteiger partial charge is 0.479 e. The summed E-state index contributed by atoms with van der Waals surface area (Å²) in [5.41, 5.74) is -1.77. The predicted molar refractivity (Wildman–Crippen MR) is 53.9 cm³/mol. The highest BCUT2D eigenvalue weighted by Crippen LogP contribution is 2.44. The first-order valence-electron chi connectivity index (χ1n) is 5.31. The number of carboxylic acids is 1. The summed E-state index contributed by atoms with van der Waals surface area (Å²) in [6.45, 7) is 0.862. The van der Waals surface area contributed by atoms with Crippen LogP contribution >= 0.6 is 0 Å². The molecule has 0 aromatic heterocycles. The van der Waals surface area contributed by atoms with Crippen molar-refractivity contribution in [2.24, 2.45) is 5.92 Å². The fourth-order valence-corrected chi connectivity index (χ4v) is 1.69. The number of alkyl halides is 3. The third-order valence-corrected chi connectivity index (χ3v) is 2.70. The quantitative estimate of drug-likeness (QED) is 0.715. The molecule has 1 rings (SSSR count). The van der Waals surface area contributed by atoms with Gasteiger partial charge in [-0.25, -0.2) is 4.79 Å². The molecule has 0 bridgehead atoms. The maximum atomic E-state index is 12.0. The Labute approximate surface area is 105 Å². The minimum atomic E-state index is -4.70. The molecule has 1 fully saturated rings. The Morgan fingerprint density at radius 3 is 2.42 bits per heavy atom. The molecule has 0 spiro atoms. The van der Waals surface area contributed by atoms with Crippen molar-refractivity contribution in [1.29, 1.82) is 0 Å². The van der Waals surface area contributed by atoms with E-state index in [1.54, 1.807) is 0 Å². The zero-order valence-electron chi connectivity index (χ0n) is 9.91. The van der Waals surface area contributed by atoms with Crippen molar-refractivity contribution in [1.82, 2.24) is 5.32 Å². The van der Waals surface area contributed by atoms with Gasteiger partial charge in [0, 0.05) is 12.8 Å². The van der Waals surface area contributed by atoms with Crippen LogP contribution in [-0.4, -0.2) is 41.3 Å². The van der Waals surface area contributed by atoms with Crippen molar-refractivity contribution < 1.29 is 37.4 Å². The Morgan fingerprint density at radius 1 is 1.42 bits per heavy atom. The van der Waals surface area contributed by atoms with Gasteiger partial charge in [0.05, 0.1) is 6.61 Å². The minimum absolute atomic E-state index is 0.0702. The van der Waals surface area contributed by atoms with Crippen LogP contribution < -0.4 is 5.32 Å². The van der Waals surface area contributed by atoms with E-state index in [1.807, 2.05) is 5.32 Å². The van der Waals surface area contributed by atoms with Gasteiger partial charge >= 0.3 is 18.1 Å². The lowest BCUT2D eigenvalue weighted by atomic mass is 10.2. The number of hydrogen-bond donors (Lipinski definition) is 2. The van der Waals surface area contributed by atoms with E-state index in [0.717, 1.165) is 6.92 Å². The van der Waals surface area contributed by atoms with Gasteiger partial charge in [-0.2, -0.15) is 13.2 Å². The molecule has 0 aromatic rings. The average Bonchev–Trinajstić information content (AvgIpc) is 2.86. The summed E-state index contributed by atoms with van der Waals surface area (Å²) in [6, 6.07) is 0. The fourth-order valence-electron chi connectivity index (χ4n) is 1.69. The van der Waals surface area contributed by atoms with E-state index < -0.39 is 41.9 Å². The molecule has 0 radical (unpaired) electrons. The SMILES string of the molecule is CC(=O)OCC1CC1(NC(=O)CC(F)(F)F)C(=O)O. The third-order valence-electron chi connectivity index (χ3n) is 2.70. The van der Waals surface area contributed by atoms with Crippen molar-refractivity contribution in [2.75, 3.05) is 6.61 Å². The van der Waals surface area contributed by atoms with Crippen LogP contribution in [0.5, 0.6) is 0 Å². The molecular weight excluding hydrogens is 271 g/mol. The van der Waals surface area contributed by atoms with Gasteiger partial charge in [0.25, 0.3) is 0 Å². The molecule has 6 nitrogen and oxygen atoms in total. The first-order chi connectivity index (χ1) is 8.57. The second kappa shape index (κ2) is 5.06. The van der Waals surface area contributed by atoms with Crippen molar-refractivity contribution in [3.05, 3.63) is 0 Å². The van der Waals surface area contributed by atoms with Crippen LogP contribution in [0.2, 0.25) is 0 Å². The number of aliphatic carboxylic acids is 1. The van der Waals surface area contributed by atoms with Gasteiger partial charge in [0.15, 0.2) is 0 Å². The highest BCUT2D eigenvalue weighted by atomic mass is 19.4. The van der Waals surface area contributed by atoms with E-state index in [9.17, 15) is 27.6 Å². The van der Waals surface area contributed by atoms with Crippen LogP contribution in [0.1, 0.15) is 19.8 Å². The lowest BCUT2D eigenvalue weighted by molar-refractivity contribution is -0.157. The molecule has 19 heavy (non-hydrogen) atoms. The molecule has 1 amide bonds. The number of hydrogen-bond acceptors (Lipinski definition) is 4. The molecule has 0 aromatic carbocycles. The lowest BCUT2D eigenvalue weighted by Gasteiger charge is -2.15. The van der Waals surface area contributed by atoms with Crippen LogP contribution in [0.15, 0.2) is 0 Å². The van der Waals surface area contributed by atoms with Crippen molar-refractivity contribution in [3.8, 4) is 0 Å². The molecule has 2 N–H and O–H groups in total. The molecule has 2 unspecified atom stereocenters. The number of esters is 1. The summed E-state index contributed by atoms with van der Waals surface area (Å²) in [6.07, 6.45) is -6.52. The summed E-state index contributed by atoms with van der Waals surface area (Å²) in [5.74, 6) is -4.21.